The number of Topliss-reactive ketones (excluding diaryl/α,β-unsaturated/α-hetero) is 2. The van der Waals surface area contributed by atoms with Gasteiger partial charge in [0.2, 0.25) is 18.4 Å². The van der Waals surface area contributed by atoms with Crippen LogP contribution in [0.15, 0.2) is 72.8 Å². The number of fused-ring (bicyclic) bond motifs is 1. The highest BCUT2D eigenvalue weighted by molar-refractivity contribution is 6.49. The maximum absolute atomic E-state index is 12.4. The van der Waals surface area contributed by atoms with E-state index in [1.807, 2.05) is 0 Å². The SMILES string of the molecule is O=C(Nc1ccc2c(c1)OCO2)c1ccc(C(=O)C(=O)c2ccccc2)cc1. The van der Waals surface area contributed by atoms with Crippen molar-refractivity contribution in [2.24, 2.45) is 0 Å². The van der Waals surface area contributed by atoms with Crippen LogP contribution in [-0.4, -0.2) is 24.3 Å². The zero-order valence-electron chi connectivity index (χ0n) is 14.7. The van der Waals surface area contributed by atoms with Crippen molar-refractivity contribution >= 4 is 23.2 Å². The van der Waals surface area contributed by atoms with E-state index in [1.54, 1.807) is 48.5 Å². The number of ether oxygens (including phenoxy) is 2. The molecule has 0 unspecified atom stereocenters. The molecule has 0 aliphatic carbocycles. The lowest BCUT2D eigenvalue weighted by Gasteiger charge is -2.07. The van der Waals surface area contributed by atoms with E-state index >= 15 is 0 Å². The van der Waals surface area contributed by atoms with Gasteiger partial charge in [-0.15, -0.1) is 0 Å². The van der Waals surface area contributed by atoms with E-state index in [0.717, 1.165) is 0 Å². The first-order chi connectivity index (χ1) is 13.6. The number of amides is 1. The summed E-state index contributed by atoms with van der Waals surface area (Å²) in [4.78, 5) is 37.0. The van der Waals surface area contributed by atoms with Crippen molar-refractivity contribution in [1.82, 2.24) is 0 Å². The highest BCUT2D eigenvalue weighted by Crippen LogP contribution is 2.34. The Morgan fingerprint density at radius 1 is 0.679 bits per heavy atom. The molecule has 0 saturated carbocycles. The first-order valence-corrected chi connectivity index (χ1v) is 8.57. The Bertz CT molecular complexity index is 1060. The van der Waals surface area contributed by atoms with E-state index in [-0.39, 0.29) is 18.3 Å². The van der Waals surface area contributed by atoms with Crippen molar-refractivity contribution in [3.05, 3.63) is 89.5 Å². The average molecular weight is 373 g/mol. The number of hydrogen-bond acceptors (Lipinski definition) is 5. The van der Waals surface area contributed by atoms with Gasteiger partial charge in [-0.1, -0.05) is 42.5 Å². The van der Waals surface area contributed by atoms with Crippen molar-refractivity contribution in [2.75, 3.05) is 12.1 Å². The zero-order chi connectivity index (χ0) is 19.5. The highest BCUT2D eigenvalue weighted by atomic mass is 16.7. The molecule has 0 atom stereocenters. The molecule has 0 fully saturated rings. The minimum absolute atomic E-state index is 0.157. The highest BCUT2D eigenvalue weighted by Gasteiger charge is 2.19. The molecule has 138 valence electrons. The van der Waals surface area contributed by atoms with Crippen LogP contribution >= 0.6 is 0 Å². The topological polar surface area (TPSA) is 81.7 Å². The first-order valence-electron chi connectivity index (χ1n) is 8.57. The molecule has 0 spiro atoms. The van der Waals surface area contributed by atoms with Gasteiger partial charge in [0.1, 0.15) is 0 Å². The third kappa shape index (κ3) is 3.48. The summed E-state index contributed by atoms with van der Waals surface area (Å²) in [5.41, 5.74) is 1.49. The van der Waals surface area contributed by atoms with Gasteiger partial charge < -0.3 is 14.8 Å². The van der Waals surface area contributed by atoms with Crippen LogP contribution in [0.5, 0.6) is 11.5 Å². The maximum atomic E-state index is 12.4. The minimum atomic E-state index is -0.617. The summed E-state index contributed by atoms with van der Waals surface area (Å²) in [6.45, 7) is 0.157. The maximum Gasteiger partial charge on any atom is 0.255 e. The molecule has 1 aliphatic heterocycles. The Kier molecular flexibility index (Phi) is 4.60. The van der Waals surface area contributed by atoms with Gasteiger partial charge in [-0.3, -0.25) is 14.4 Å². The number of rotatable bonds is 5. The van der Waals surface area contributed by atoms with Gasteiger partial charge in [0, 0.05) is 28.4 Å². The van der Waals surface area contributed by atoms with Crippen molar-refractivity contribution in [3.63, 3.8) is 0 Å². The number of anilines is 1. The van der Waals surface area contributed by atoms with Gasteiger partial charge in [0.05, 0.1) is 0 Å². The lowest BCUT2D eigenvalue weighted by atomic mass is 10.0. The van der Waals surface area contributed by atoms with Crippen molar-refractivity contribution in [2.45, 2.75) is 0 Å². The second kappa shape index (κ2) is 7.36. The third-order valence-corrected chi connectivity index (χ3v) is 4.28. The Labute approximate surface area is 160 Å². The lowest BCUT2D eigenvalue weighted by molar-refractivity contribution is 0.0817. The summed E-state index contributed by atoms with van der Waals surface area (Å²) in [6.07, 6.45) is 0. The summed E-state index contributed by atoms with van der Waals surface area (Å²) >= 11 is 0. The number of hydrogen-bond donors (Lipinski definition) is 1. The Morgan fingerprint density at radius 2 is 1.29 bits per heavy atom. The number of benzene rings is 3. The van der Waals surface area contributed by atoms with Crippen LogP contribution in [0.2, 0.25) is 0 Å². The number of nitrogens with one attached hydrogen (secondary N) is 1. The van der Waals surface area contributed by atoms with Crippen LogP contribution in [0.3, 0.4) is 0 Å². The molecule has 3 aromatic rings. The summed E-state index contributed by atoms with van der Waals surface area (Å²) in [5.74, 6) is -0.346. The quantitative estimate of drug-likeness (QED) is 0.544. The third-order valence-electron chi connectivity index (χ3n) is 4.28. The second-order valence-corrected chi connectivity index (χ2v) is 6.12. The van der Waals surface area contributed by atoms with E-state index in [0.29, 0.717) is 28.3 Å². The molecule has 6 heteroatoms. The fourth-order valence-electron chi connectivity index (χ4n) is 2.80. The van der Waals surface area contributed by atoms with Gasteiger partial charge >= 0.3 is 0 Å². The molecule has 1 heterocycles. The molecule has 1 amide bonds. The molecule has 4 rings (SSSR count). The molecular formula is C22H15NO5. The van der Waals surface area contributed by atoms with Crippen LogP contribution in [0.4, 0.5) is 5.69 Å². The number of ketones is 2. The van der Waals surface area contributed by atoms with Gasteiger partial charge in [-0.05, 0) is 24.3 Å². The Balaban J connectivity index is 1.46. The average Bonchev–Trinajstić information content (AvgIpc) is 3.21. The molecule has 0 radical (unpaired) electrons. The summed E-state index contributed by atoms with van der Waals surface area (Å²) in [5, 5.41) is 2.76. The van der Waals surface area contributed by atoms with Gasteiger partial charge in [-0.2, -0.15) is 0 Å². The Morgan fingerprint density at radius 3 is 2.00 bits per heavy atom. The standard InChI is InChI=1S/C22H15NO5/c24-20(14-4-2-1-3-5-14)21(25)15-6-8-16(9-7-15)22(26)23-17-10-11-18-19(12-17)28-13-27-18/h1-12H,13H2,(H,23,26). The normalized spacial score (nSPS) is 11.7. The van der Waals surface area contributed by atoms with Crippen LogP contribution < -0.4 is 14.8 Å². The second-order valence-electron chi connectivity index (χ2n) is 6.12. The minimum Gasteiger partial charge on any atom is -0.454 e. The monoisotopic (exact) mass is 373 g/mol. The van der Waals surface area contributed by atoms with E-state index in [1.165, 1.54) is 24.3 Å². The van der Waals surface area contributed by atoms with Crippen molar-refractivity contribution in [1.29, 1.82) is 0 Å². The van der Waals surface area contributed by atoms with E-state index in [4.69, 9.17) is 9.47 Å². The predicted molar refractivity (Wildman–Crippen MR) is 102 cm³/mol. The molecule has 1 N–H and O–H groups in total. The van der Waals surface area contributed by atoms with Crippen molar-refractivity contribution in [3.8, 4) is 11.5 Å². The summed E-state index contributed by atoms with van der Waals surface area (Å²) in [7, 11) is 0. The van der Waals surface area contributed by atoms with Gasteiger partial charge in [0.25, 0.3) is 5.91 Å². The summed E-state index contributed by atoms with van der Waals surface area (Å²) < 4.78 is 10.5. The van der Waals surface area contributed by atoms with E-state index in [2.05, 4.69) is 5.32 Å². The van der Waals surface area contributed by atoms with E-state index < -0.39 is 11.6 Å². The van der Waals surface area contributed by atoms with E-state index in [9.17, 15) is 14.4 Å². The van der Waals surface area contributed by atoms with Crippen LogP contribution in [-0.2, 0) is 0 Å². The Hall–Kier alpha value is -3.93. The fourth-order valence-corrected chi connectivity index (χ4v) is 2.80. The molecular weight excluding hydrogens is 358 g/mol. The molecule has 1 aliphatic rings. The predicted octanol–water partition coefficient (Wildman–Crippen LogP) is 3.73. The smallest absolute Gasteiger partial charge is 0.255 e. The summed E-state index contributed by atoms with van der Waals surface area (Å²) in [6, 6.07) is 19.4. The fraction of sp³-hybridized carbons (Fsp3) is 0.0455. The largest absolute Gasteiger partial charge is 0.454 e. The lowest BCUT2D eigenvalue weighted by Crippen LogP contribution is -2.15. The van der Waals surface area contributed by atoms with Crippen molar-refractivity contribution < 1.29 is 23.9 Å². The van der Waals surface area contributed by atoms with Crippen LogP contribution in [0.25, 0.3) is 0 Å². The molecule has 0 aromatic heterocycles. The first kappa shape index (κ1) is 17.5. The molecule has 3 aromatic carbocycles. The molecule has 0 saturated heterocycles. The van der Waals surface area contributed by atoms with Gasteiger partial charge in [-0.25, -0.2) is 0 Å². The van der Waals surface area contributed by atoms with Crippen LogP contribution in [0.1, 0.15) is 31.1 Å². The number of carbonyl (C=O) groups is 3. The number of carbonyl (C=O) groups excluding carboxylic acids is 3. The van der Waals surface area contributed by atoms with Crippen LogP contribution in [0, 0.1) is 0 Å². The zero-order valence-corrected chi connectivity index (χ0v) is 14.7. The molecule has 28 heavy (non-hydrogen) atoms. The molecule has 0 bridgehead atoms. The van der Waals surface area contributed by atoms with Gasteiger partial charge in [0.15, 0.2) is 11.5 Å². The molecule has 6 nitrogen and oxygen atoms in total.